The number of hydrogen-bond acceptors (Lipinski definition) is 3. The molecule has 0 spiro atoms. The van der Waals surface area contributed by atoms with E-state index in [2.05, 4.69) is 15.3 Å². The molecular formula is C15H14N4O. The lowest BCUT2D eigenvalue weighted by atomic mass is 10.2. The molecule has 0 atom stereocenters. The molecule has 1 aromatic carbocycles. The van der Waals surface area contributed by atoms with Crippen LogP contribution in [-0.2, 0) is 7.05 Å². The van der Waals surface area contributed by atoms with Crippen molar-refractivity contribution in [2.45, 2.75) is 6.92 Å². The Morgan fingerprint density at radius 2 is 2.05 bits per heavy atom. The molecule has 100 valence electrons. The first-order valence-corrected chi connectivity index (χ1v) is 6.28. The Hall–Kier alpha value is -2.69. The Labute approximate surface area is 116 Å². The number of carbonyl (C=O) groups is 1. The zero-order valence-corrected chi connectivity index (χ0v) is 11.3. The van der Waals surface area contributed by atoms with Gasteiger partial charge in [0.2, 0.25) is 0 Å². The van der Waals surface area contributed by atoms with Crippen LogP contribution in [0.5, 0.6) is 0 Å². The van der Waals surface area contributed by atoms with E-state index in [1.54, 1.807) is 30.7 Å². The Bertz CT molecular complexity index is 774. The molecule has 0 unspecified atom stereocenters. The number of aromatic nitrogens is 3. The smallest absolute Gasteiger partial charge is 0.256 e. The standard InChI is InChI=1S/C15H14N4O/c1-10-3-6-14(16-8-10)18-15(20)11-4-5-13-12(7-11)17-9-19(13)2/h3-9H,1-2H3,(H,16,18,20). The highest BCUT2D eigenvalue weighted by Crippen LogP contribution is 2.15. The maximum absolute atomic E-state index is 12.2. The van der Waals surface area contributed by atoms with Gasteiger partial charge in [-0.15, -0.1) is 0 Å². The van der Waals surface area contributed by atoms with Gasteiger partial charge in [-0.25, -0.2) is 9.97 Å². The van der Waals surface area contributed by atoms with Gasteiger partial charge < -0.3 is 9.88 Å². The molecule has 20 heavy (non-hydrogen) atoms. The van der Waals surface area contributed by atoms with Crippen molar-refractivity contribution in [2.24, 2.45) is 7.05 Å². The number of carbonyl (C=O) groups excluding carboxylic acids is 1. The maximum atomic E-state index is 12.2. The van der Waals surface area contributed by atoms with Crippen LogP contribution < -0.4 is 5.32 Å². The number of benzene rings is 1. The van der Waals surface area contributed by atoms with E-state index in [1.165, 1.54) is 0 Å². The van der Waals surface area contributed by atoms with Crippen molar-refractivity contribution in [1.82, 2.24) is 14.5 Å². The molecule has 0 saturated heterocycles. The number of anilines is 1. The van der Waals surface area contributed by atoms with Gasteiger partial charge in [0.05, 0.1) is 17.4 Å². The third-order valence-electron chi connectivity index (χ3n) is 3.14. The third-order valence-corrected chi connectivity index (χ3v) is 3.14. The largest absolute Gasteiger partial charge is 0.334 e. The summed E-state index contributed by atoms with van der Waals surface area (Å²) in [5.74, 6) is 0.357. The zero-order valence-electron chi connectivity index (χ0n) is 11.3. The molecule has 2 aromatic heterocycles. The van der Waals surface area contributed by atoms with E-state index in [0.29, 0.717) is 11.4 Å². The highest BCUT2D eigenvalue weighted by molar-refractivity contribution is 6.05. The summed E-state index contributed by atoms with van der Waals surface area (Å²) in [5, 5.41) is 2.77. The van der Waals surface area contributed by atoms with Gasteiger partial charge in [-0.2, -0.15) is 0 Å². The van der Waals surface area contributed by atoms with Crippen molar-refractivity contribution >= 4 is 22.8 Å². The molecule has 5 heteroatoms. The number of nitrogens with one attached hydrogen (secondary N) is 1. The van der Waals surface area contributed by atoms with Crippen LogP contribution in [0.25, 0.3) is 11.0 Å². The summed E-state index contributed by atoms with van der Waals surface area (Å²) < 4.78 is 1.92. The molecule has 2 heterocycles. The van der Waals surface area contributed by atoms with Gasteiger partial charge in [0.25, 0.3) is 5.91 Å². The number of pyridine rings is 1. The summed E-state index contributed by atoms with van der Waals surface area (Å²) in [4.78, 5) is 20.6. The number of rotatable bonds is 2. The van der Waals surface area contributed by atoms with Gasteiger partial charge in [-0.3, -0.25) is 4.79 Å². The number of hydrogen-bond donors (Lipinski definition) is 1. The van der Waals surface area contributed by atoms with Crippen molar-refractivity contribution in [2.75, 3.05) is 5.32 Å². The molecule has 0 radical (unpaired) electrons. The third kappa shape index (κ3) is 2.25. The van der Waals surface area contributed by atoms with E-state index < -0.39 is 0 Å². The summed E-state index contributed by atoms with van der Waals surface area (Å²) in [5.41, 5.74) is 3.42. The average Bonchev–Trinajstić information content (AvgIpc) is 2.82. The highest BCUT2D eigenvalue weighted by Gasteiger charge is 2.09. The first-order valence-electron chi connectivity index (χ1n) is 6.28. The van der Waals surface area contributed by atoms with Crippen molar-refractivity contribution in [3.05, 3.63) is 54.0 Å². The summed E-state index contributed by atoms with van der Waals surface area (Å²) in [6.07, 6.45) is 3.45. The van der Waals surface area contributed by atoms with Gasteiger partial charge in [-0.05, 0) is 36.8 Å². The van der Waals surface area contributed by atoms with Gasteiger partial charge in [0, 0.05) is 18.8 Å². The second-order valence-electron chi connectivity index (χ2n) is 4.73. The molecular weight excluding hydrogens is 252 g/mol. The topological polar surface area (TPSA) is 59.8 Å². The quantitative estimate of drug-likeness (QED) is 0.775. The molecule has 0 aliphatic heterocycles. The Balaban J connectivity index is 1.86. The molecule has 0 fully saturated rings. The summed E-state index contributed by atoms with van der Waals surface area (Å²) in [6.45, 7) is 1.95. The molecule has 5 nitrogen and oxygen atoms in total. The van der Waals surface area contributed by atoms with Crippen LogP contribution in [0.4, 0.5) is 5.82 Å². The number of imidazole rings is 1. The molecule has 0 aliphatic carbocycles. The highest BCUT2D eigenvalue weighted by atomic mass is 16.1. The minimum Gasteiger partial charge on any atom is -0.334 e. The van der Waals surface area contributed by atoms with Crippen molar-refractivity contribution in [3.8, 4) is 0 Å². The Kier molecular flexibility index (Phi) is 2.95. The Morgan fingerprint density at radius 1 is 1.20 bits per heavy atom. The van der Waals surface area contributed by atoms with Crippen LogP contribution in [-0.4, -0.2) is 20.4 Å². The SMILES string of the molecule is Cc1ccc(NC(=O)c2ccc3c(c2)ncn3C)nc1. The lowest BCUT2D eigenvalue weighted by Crippen LogP contribution is -2.12. The summed E-state index contributed by atoms with van der Waals surface area (Å²) in [7, 11) is 1.92. The second kappa shape index (κ2) is 4.77. The number of nitrogens with zero attached hydrogens (tertiary/aromatic N) is 3. The summed E-state index contributed by atoms with van der Waals surface area (Å²) in [6, 6.07) is 9.14. The van der Waals surface area contributed by atoms with E-state index in [4.69, 9.17) is 0 Å². The molecule has 0 saturated carbocycles. The summed E-state index contributed by atoms with van der Waals surface area (Å²) >= 11 is 0. The molecule has 3 rings (SSSR count). The van der Waals surface area contributed by atoms with Gasteiger partial charge in [0.1, 0.15) is 5.82 Å². The van der Waals surface area contributed by atoms with E-state index in [9.17, 15) is 4.79 Å². The monoisotopic (exact) mass is 266 g/mol. The number of fused-ring (bicyclic) bond motifs is 1. The predicted molar refractivity (Wildman–Crippen MR) is 77.6 cm³/mol. The number of aryl methyl sites for hydroxylation is 2. The first kappa shape index (κ1) is 12.3. The molecule has 0 aliphatic rings. The Morgan fingerprint density at radius 3 is 2.80 bits per heavy atom. The lowest BCUT2D eigenvalue weighted by Gasteiger charge is -2.05. The van der Waals surface area contributed by atoms with Crippen LogP contribution in [0.2, 0.25) is 0 Å². The molecule has 1 N–H and O–H groups in total. The maximum Gasteiger partial charge on any atom is 0.256 e. The zero-order chi connectivity index (χ0) is 14.1. The van der Waals surface area contributed by atoms with Crippen molar-refractivity contribution in [3.63, 3.8) is 0 Å². The minimum absolute atomic E-state index is 0.186. The minimum atomic E-state index is -0.186. The van der Waals surface area contributed by atoms with Crippen molar-refractivity contribution < 1.29 is 4.79 Å². The van der Waals surface area contributed by atoms with E-state index in [0.717, 1.165) is 16.6 Å². The fraction of sp³-hybridized carbons (Fsp3) is 0.133. The fourth-order valence-corrected chi connectivity index (χ4v) is 2.01. The molecule has 3 aromatic rings. The predicted octanol–water partition coefficient (Wildman–Crippen LogP) is 2.53. The molecule has 0 bridgehead atoms. The van der Waals surface area contributed by atoms with Crippen LogP contribution in [0, 0.1) is 6.92 Å². The van der Waals surface area contributed by atoms with Gasteiger partial charge in [-0.1, -0.05) is 6.07 Å². The van der Waals surface area contributed by atoms with Gasteiger partial charge >= 0.3 is 0 Å². The van der Waals surface area contributed by atoms with E-state index in [-0.39, 0.29) is 5.91 Å². The van der Waals surface area contributed by atoms with E-state index >= 15 is 0 Å². The first-order chi connectivity index (χ1) is 9.63. The van der Waals surface area contributed by atoms with Crippen molar-refractivity contribution in [1.29, 1.82) is 0 Å². The lowest BCUT2D eigenvalue weighted by molar-refractivity contribution is 0.102. The average molecular weight is 266 g/mol. The second-order valence-corrected chi connectivity index (χ2v) is 4.73. The fourth-order valence-electron chi connectivity index (χ4n) is 2.01. The van der Waals surface area contributed by atoms with Gasteiger partial charge in [0.15, 0.2) is 0 Å². The van der Waals surface area contributed by atoms with Crippen LogP contribution in [0.15, 0.2) is 42.9 Å². The number of amides is 1. The molecule has 1 amide bonds. The normalized spacial score (nSPS) is 10.7. The van der Waals surface area contributed by atoms with Crippen LogP contribution in [0.3, 0.4) is 0 Å². The van der Waals surface area contributed by atoms with E-state index in [1.807, 2.05) is 30.7 Å². The van der Waals surface area contributed by atoms with Crippen LogP contribution in [0.1, 0.15) is 15.9 Å². The van der Waals surface area contributed by atoms with Crippen LogP contribution >= 0.6 is 0 Å².